The van der Waals surface area contributed by atoms with Crippen LogP contribution in [0.1, 0.15) is 28.4 Å². The van der Waals surface area contributed by atoms with Gasteiger partial charge in [-0.15, -0.1) is 0 Å². The summed E-state index contributed by atoms with van der Waals surface area (Å²) in [5, 5.41) is 2.88. The number of amides is 1. The van der Waals surface area contributed by atoms with Crippen LogP contribution in [-0.2, 0) is 14.8 Å². The number of sulfonamides is 1. The minimum atomic E-state index is -3.66. The van der Waals surface area contributed by atoms with Gasteiger partial charge in [0.25, 0.3) is 5.91 Å². The van der Waals surface area contributed by atoms with E-state index in [-0.39, 0.29) is 16.8 Å². The summed E-state index contributed by atoms with van der Waals surface area (Å²) in [7, 11) is -3.66. The number of carbonyl (C=O) groups excluding carboxylic acids is 1. The van der Waals surface area contributed by atoms with Crippen molar-refractivity contribution in [3.63, 3.8) is 0 Å². The van der Waals surface area contributed by atoms with E-state index in [4.69, 9.17) is 9.47 Å². The Morgan fingerprint density at radius 1 is 1.13 bits per heavy atom. The maximum Gasteiger partial charge on any atom is 0.251 e. The number of morpholine rings is 1. The Hall–Kier alpha value is -2.42. The van der Waals surface area contributed by atoms with Gasteiger partial charge >= 0.3 is 0 Å². The summed E-state index contributed by atoms with van der Waals surface area (Å²) in [6.07, 6.45) is 0. The molecule has 0 spiro atoms. The van der Waals surface area contributed by atoms with Gasteiger partial charge in [0.2, 0.25) is 10.0 Å². The Bertz CT molecular complexity index is 983. The molecule has 1 aliphatic rings. The first-order valence-corrected chi connectivity index (χ1v) is 11.4. The zero-order chi connectivity index (χ0) is 21.7. The molecule has 2 aromatic carbocycles. The summed E-state index contributed by atoms with van der Waals surface area (Å²) < 4.78 is 38.1. The lowest BCUT2D eigenvalue weighted by Gasteiger charge is -2.26. The van der Waals surface area contributed by atoms with Gasteiger partial charge in [-0.05, 0) is 50.6 Å². The predicted octanol–water partition coefficient (Wildman–Crippen LogP) is 2.52. The molecule has 0 aliphatic carbocycles. The molecule has 1 heterocycles. The summed E-state index contributed by atoms with van der Waals surface area (Å²) in [5.74, 6) is 0.406. The summed E-state index contributed by atoms with van der Waals surface area (Å²) in [6, 6.07) is 12.1. The first-order valence-electron chi connectivity index (χ1n) is 9.96. The van der Waals surface area contributed by atoms with E-state index in [0.29, 0.717) is 44.0 Å². The fourth-order valence-electron chi connectivity index (χ4n) is 3.14. The SMILES string of the molecule is Cc1ccc(OCC(C)NC(=O)c2cc(S(=O)(=O)N3CCOCC3)ccc2C)cc1. The number of hydrogen-bond donors (Lipinski definition) is 1. The summed E-state index contributed by atoms with van der Waals surface area (Å²) >= 11 is 0. The molecule has 0 radical (unpaired) electrons. The molecule has 1 atom stereocenters. The van der Waals surface area contributed by atoms with Crippen LogP contribution >= 0.6 is 0 Å². The molecule has 162 valence electrons. The maximum atomic E-state index is 12.9. The number of hydrogen-bond acceptors (Lipinski definition) is 5. The van der Waals surface area contributed by atoms with Crippen LogP contribution in [0.4, 0.5) is 0 Å². The number of ether oxygens (including phenoxy) is 2. The van der Waals surface area contributed by atoms with Crippen LogP contribution in [0.25, 0.3) is 0 Å². The molecular formula is C22H28N2O5S. The van der Waals surface area contributed by atoms with Crippen molar-refractivity contribution in [2.75, 3.05) is 32.9 Å². The van der Waals surface area contributed by atoms with Gasteiger partial charge in [-0.3, -0.25) is 4.79 Å². The molecule has 3 rings (SSSR count). The van der Waals surface area contributed by atoms with E-state index < -0.39 is 10.0 Å². The number of rotatable bonds is 7. The molecule has 1 amide bonds. The van der Waals surface area contributed by atoms with Crippen LogP contribution < -0.4 is 10.1 Å². The Morgan fingerprint density at radius 3 is 2.47 bits per heavy atom. The Kier molecular flexibility index (Phi) is 7.12. The second-order valence-electron chi connectivity index (χ2n) is 7.49. The van der Waals surface area contributed by atoms with Crippen LogP contribution in [0.15, 0.2) is 47.4 Å². The number of aryl methyl sites for hydroxylation is 2. The van der Waals surface area contributed by atoms with Crippen molar-refractivity contribution < 1.29 is 22.7 Å². The monoisotopic (exact) mass is 432 g/mol. The zero-order valence-corrected chi connectivity index (χ0v) is 18.4. The van der Waals surface area contributed by atoms with Crippen molar-refractivity contribution in [2.24, 2.45) is 0 Å². The Labute approximate surface area is 178 Å². The van der Waals surface area contributed by atoms with Gasteiger partial charge in [-0.1, -0.05) is 23.8 Å². The van der Waals surface area contributed by atoms with Crippen LogP contribution in [0.3, 0.4) is 0 Å². The molecule has 0 aromatic heterocycles. The van der Waals surface area contributed by atoms with Crippen molar-refractivity contribution in [1.29, 1.82) is 0 Å². The van der Waals surface area contributed by atoms with Gasteiger partial charge in [0.1, 0.15) is 12.4 Å². The third-order valence-electron chi connectivity index (χ3n) is 4.96. The molecule has 30 heavy (non-hydrogen) atoms. The van der Waals surface area contributed by atoms with Crippen LogP contribution in [-0.4, -0.2) is 57.6 Å². The molecule has 0 bridgehead atoms. The number of carbonyl (C=O) groups is 1. The minimum absolute atomic E-state index is 0.115. The topological polar surface area (TPSA) is 84.9 Å². The molecule has 0 saturated carbocycles. The smallest absolute Gasteiger partial charge is 0.251 e. The highest BCUT2D eigenvalue weighted by atomic mass is 32.2. The quantitative estimate of drug-likeness (QED) is 0.727. The lowest BCUT2D eigenvalue weighted by Crippen LogP contribution is -2.41. The van der Waals surface area contributed by atoms with Crippen LogP contribution in [0.5, 0.6) is 5.75 Å². The third kappa shape index (κ3) is 5.38. The van der Waals surface area contributed by atoms with E-state index in [1.807, 2.05) is 38.1 Å². The van der Waals surface area contributed by atoms with Gasteiger partial charge in [-0.2, -0.15) is 4.31 Å². The fraction of sp³-hybridized carbons (Fsp3) is 0.409. The van der Waals surface area contributed by atoms with Gasteiger partial charge in [0.05, 0.1) is 24.2 Å². The lowest BCUT2D eigenvalue weighted by atomic mass is 10.1. The molecular weight excluding hydrogens is 404 g/mol. The lowest BCUT2D eigenvalue weighted by molar-refractivity contribution is 0.0730. The molecule has 2 aromatic rings. The highest BCUT2D eigenvalue weighted by molar-refractivity contribution is 7.89. The number of benzene rings is 2. The van der Waals surface area contributed by atoms with Crippen molar-refractivity contribution in [3.05, 3.63) is 59.2 Å². The zero-order valence-electron chi connectivity index (χ0n) is 17.6. The third-order valence-corrected chi connectivity index (χ3v) is 6.85. The van der Waals surface area contributed by atoms with E-state index in [2.05, 4.69) is 5.32 Å². The van der Waals surface area contributed by atoms with E-state index in [9.17, 15) is 13.2 Å². The molecule has 1 fully saturated rings. The van der Waals surface area contributed by atoms with Crippen LogP contribution in [0, 0.1) is 13.8 Å². The number of nitrogens with zero attached hydrogens (tertiary/aromatic N) is 1. The van der Waals surface area contributed by atoms with Crippen LogP contribution in [0.2, 0.25) is 0 Å². The largest absolute Gasteiger partial charge is 0.491 e. The highest BCUT2D eigenvalue weighted by Gasteiger charge is 2.27. The Morgan fingerprint density at radius 2 is 1.80 bits per heavy atom. The fourth-order valence-corrected chi connectivity index (χ4v) is 4.58. The minimum Gasteiger partial charge on any atom is -0.491 e. The first-order chi connectivity index (χ1) is 14.3. The van der Waals surface area contributed by atoms with Gasteiger partial charge in [0.15, 0.2) is 0 Å². The van der Waals surface area contributed by atoms with Gasteiger partial charge in [-0.25, -0.2) is 8.42 Å². The molecule has 1 N–H and O–H groups in total. The molecule has 1 unspecified atom stereocenters. The van der Waals surface area contributed by atoms with Gasteiger partial charge < -0.3 is 14.8 Å². The predicted molar refractivity (Wildman–Crippen MR) is 114 cm³/mol. The summed E-state index contributed by atoms with van der Waals surface area (Å²) in [6.45, 7) is 7.30. The summed E-state index contributed by atoms with van der Waals surface area (Å²) in [4.78, 5) is 12.9. The number of nitrogens with one attached hydrogen (secondary N) is 1. The normalized spacial score (nSPS) is 16.1. The second-order valence-corrected chi connectivity index (χ2v) is 9.43. The average molecular weight is 433 g/mol. The van der Waals surface area contributed by atoms with Gasteiger partial charge in [0, 0.05) is 18.7 Å². The van der Waals surface area contributed by atoms with E-state index in [0.717, 1.165) is 11.3 Å². The molecule has 7 nitrogen and oxygen atoms in total. The van der Waals surface area contributed by atoms with Crippen molar-refractivity contribution in [1.82, 2.24) is 9.62 Å². The first kappa shape index (κ1) is 22.3. The molecule has 1 aliphatic heterocycles. The van der Waals surface area contributed by atoms with Crippen molar-refractivity contribution in [2.45, 2.75) is 31.7 Å². The van der Waals surface area contributed by atoms with Crippen molar-refractivity contribution in [3.8, 4) is 5.75 Å². The molecule has 1 saturated heterocycles. The Balaban J connectivity index is 1.67. The van der Waals surface area contributed by atoms with E-state index >= 15 is 0 Å². The average Bonchev–Trinajstić information content (AvgIpc) is 2.74. The maximum absolute atomic E-state index is 12.9. The van der Waals surface area contributed by atoms with Crippen molar-refractivity contribution >= 4 is 15.9 Å². The molecule has 8 heteroatoms. The highest BCUT2D eigenvalue weighted by Crippen LogP contribution is 2.21. The second kappa shape index (κ2) is 9.59. The van der Waals surface area contributed by atoms with E-state index in [1.165, 1.54) is 10.4 Å². The summed E-state index contributed by atoms with van der Waals surface area (Å²) in [5.41, 5.74) is 2.19. The van der Waals surface area contributed by atoms with E-state index in [1.54, 1.807) is 19.1 Å². The standard InChI is InChI=1S/C22H28N2O5S/c1-16-4-7-19(8-5-16)29-15-18(3)23-22(25)21-14-20(9-6-17(21)2)30(26,27)24-10-12-28-13-11-24/h4-9,14,18H,10-13,15H2,1-3H3,(H,23,25).